The van der Waals surface area contributed by atoms with Crippen LogP contribution in [0.25, 0.3) is 0 Å². The summed E-state index contributed by atoms with van der Waals surface area (Å²) in [6, 6.07) is 3.89. The molecule has 0 bridgehead atoms. The van der Waals surface area contributed by atoms with Gasteiger partial charge < -0.3 is 9.30 Å². The number of aryl methyl sites for hydroxylation is 1. The highest BCUT2D eigenvalue weighted by molar-refractivity contribution is 5.79. The summed E-state index contributed by atoms with van der Waals surface area (Å²) in [6.07, 6.45) is 5.05. The van der Waals surface area contributed by atoms with Gasteiger partial charge in [-0.15, -0.1) is 0 Å². The fourth-order valence-corrected chi connectivity index (χ4v) is 1.81. The Morgan fingerprint density at radius 3 is 3.05 bits per heavy atom. The van der Waals surface area contributed by atoms with Gasteiger partial charge in [0.15, 0.2) is 6.29 Å². The van der Waals surface area contributed by atoms with Gasteiger partial charge in [-0.05, 0) is 24.6 Å². The van der Waals surface area contributed by atoms with Gasteiger partial charge in [-0.2, -0.15) is 0 Å². The zero-order valence-corrected chi connectivity index (χ0v) is 10.7. The smallest absolute Gasteiger partial charge is 0.153 e. The molecule has 0 radical (unpaired) electrons. The minimum absolute atomic E-state index is 0.210. The number of nitrogens with zero attached hydrogens (tertiary/aromatic N) is 2. The van der Waals surface area contributed by atoms with Crippen LogP contribution in [0.15, 0.2) is 30.7 Å². The van der Waals surface area contributed by atoms with Crippen LogP contribution in [0.1, 0.15) is 29.4 Å². The maximum atomic E-state index is 13.0. The number of aromatic nitrogens is 2. The predicted molar refractivity (Wildman–Crippen MR) is 68.6 cm³/mol. The maximum Gasteiger partial charge on any atom is 0.153 e. The SMILES string of the molecule is CCCn1cncc1COc1ccc(F)cc1C=O. The number of carbonyl (C=O) groups excluding carboxylic acids is 1. The first-order valence-corrected chi connectivity index (χ1v) is 6.11. The summed E-state index contributed by atoms with van der Waals surface area (Å²) in [4.78, 5) is 14.9. The Balaban J connectivity index is 2.10. The molecule has 5 heteroatoms. The van der Waals surface area contributed by atoms with E-state index in [0.717, 1.165) is 24.7 Å². The average molecular weight is 262 g/mol. The lowest BCUT2D eigenvalue weighted by atomic mass is 10.2. The molecule has 1 aromatic carbocycles. The monoisotopic (exact) mass is 262 g/mol. The number of hydrogen-bond acceptors (Lipinski definition) is 3. The molecule has 2 aromatic rings. The molecule has 0 aliphatic heterocycles. The Morgan fingerprint density at radius 2 is 2.32 bits per heavy atom. The van der Waals surface area contributed by atoms with Crippen LogP contribution in [-0.4, -0.2) is 15.8 Å². The highest BCUT2D eigenvalue weighted by Crippen LogP contribution is 2.19. The van der Waals surface area contributed by atoms with Gasteiger partial charge in [0.1, 0.15) is 18.2 Å². The van der Waals surface area contributed by atoms with Crippen molar-refractivity contribution in [3.8, 4) is 5.75 Å². The molecular formula is C14H15FN2O2. The number of rotatable bonds is 6. The van der Waals surface area contributed by atoms with Crippen molar-refractivity contribution in [2.75, 3.05) is 0 Å². The molecule has 0 aliphatic rings. The van der Waals surface area contributed by atoms with Gasteiger partial charge in [0.25, 0.3) is 0 Å². The third-order valence-corrected chi connectivity index (χ3v) is 2.74. The standard InChI is InChI=1S/C14H15FN2O2/c1-2-5-17-10-16-7-13(17)9-19-14-4-3-12(15)6-11(14)8-18/h3-4,6-8,10H,2,5,9H2,1H3. The van der Waals surface area contributed by atoms with Crippen LogP contribution in [0.3, 0.4) is 0 Å². The lowest BCUT2D eigenvalue weighted by Gasteiger charge is -2.10. The summed E-state index contributed by atoms with van der Waals surface area (Å²) >= 11 is 0. The molecular weight excluding hydrogens is 247 g/mol. The summed E-state index contributed by atoms with van der Waals surface area (Å²) in [5, 5.41) is 0. The molecule has 0 saturated heterocycles. The van der Waals surface area contributed by atoms with Crippen LogP contribution < -0.4 is 4.74 Å². The third-order valence-electron chi connectivity index (χ3n) is 2.74. The zero-order chi connectivity index (χ0) is 13.7. The number of aldehydes is 1. The molecule has 0 amide bonds. The molecule has 1 heterocycles. The van der Waals surface area contributed by atoms with Crippen LogP contribution in [0.4, 0.5) is 4.39 Å². The Labute approximate surface area is 110 Å². The summed E-state index contributed by atoms with van der Waals surface area (Å²) < 4.78 is 20.5. The number of imidazole rings is 1. The minimum atomic E-state index is -0.453. The summed E-state index contributed by atoms with van der Waals surface area (Å²) in [6.45, 7) is 3.24. The average Bonchev–Trinajstić information content (AvgIpc) is 2.85. The van der Waals surface area contributed by atoms with Crippen molar-refractivity contribution in [1.29, 1.82) is 0 Å². The van der Waals surface area contributed by atoms with Crippen molar-refractivity contribution in [2.45, 2.75) is 26.5 Å². The Kier molecular flexibility index (Phi) is 4.28. The molecule has 0 fully saturated rings. The fraction of sp³-hybridized carbons (Fsp3) is 0.286. The first kappa shape index (κ1) is 13.3. The second kappa shape index (κ2) is 6.13. The van der Waals surface area contributed by atoms with Crippen LogP contribution in [0, 0.1) is 5.82 Å². The molecule has 100 valence electrons. The van der Waals surface area contributed by atoms with Crippen molar-refractivity contribution in [3.05, 3.63) is 47.8 Å². The van der Waals surface area contributed by atoms with Crippen molar-refractivity contribution < 1.29 is 13.9 Å². The lowest BCUT2D eigenvalue weighted by Crippen LogP contribution is -2.06. The number of ether oxygens (including phenoxy) is 1. The molecule has 0 saturated carbocycles. The van der Waals surface area contributed by atoms with Crippen LogP contribution in [0.5, 0.6) is 5.75 Å². The Morgan fingerprint density at radius 1 is 1.47 bits per heavy atom. The van der Waals surface area contributed by atoms with E-state index >= 15 is 0 Å². The second-order valence-electron chi connectivity index (χ2n) is 4.17. The van der Waals surface area contributed by atoms with E-state index < -0.39 is 5.82 Å². The second-order valence-corrected chi connectivity index (χ2v) is 4.17. The van der Waals surface area contributed by atoms with Crippen molar-refractivity contribution in [3.63, 3.8) is 0 Å². The number of halogens is 1. The van der Waals surface area contributed by atoms with Crippen molar-refractivity contribution >= 4 is 6.29 Å². The highest BCUT2D eigenvalue weighted by atomic mass is 19.1. The first-order valence-electron chi connectivity index (χ1n) is 6.11. The molecule has 0 aliphatic carbocycles. The Hall–Kier alpha value is -2.17. The maximum absolute atomic E-state index is 13.0. The van der Waals surface area contributed by atoms with Gasteiger partial charge in [-0.1, -0.05) is 6.92 Å². The van der Waals surface area contributed by atoms with E-state index in [9.17, 15) is 9.18 Å². The Bertz CT molecular complexity index is 566. The van der Waals surface area contributed by atoms with Gasteiger partial charge >= 0.3 is 0 Å². The topological polar surface area (TPSA) is 44.1 Å². The molecule has 0 unspecified atom stereocenters. The molecule has 1 aromatic heterocycles. The van der Waals surface area contributed by atoms with Crippen LogP contribution >= 0.6 is 0 Å². The highest BCUT2D eigenvalue weighted by Gasteiger charge is 2.07. The molecule has 19 heavy (non-hydrogen) atoms. The molecule has 0 spiro atoms. The van der Waals surface area contributed by atoms with E-state index in [1.54, 1.807) is 12.5 Å². The summed E-state index contributed by atoms with van der Waals surface area (Å²) in [5.41, 5.74) is 1.13. The van der Waals surface area contributed by atoms with Crippen molar-refractivity contribution in [2.24, 2.45) is 0 Å². The molecule has 0 atom stereocenters. The van der Waals surface area contributed by atoms with Gasteiger partial charge in [-0.3, -0.25) is 4.79 Å². The van der Waals surface area contributed by atoms with E-state index in [0.29, 0.717) is 18.6 Å². The quantitative estimate of drug-likeness (QED) is 0.752. The molecule has 2 rings (SSSR count). The van der Waals surface area contributed by atoms with Gasteiger partial charge in [0, 0.05) is 6.54 Å². The third kappa shape index (κ3) is 3.19. The van der Waals surface area contributed by atoms with Crippen molar-refractivity contribution in [1.82, 2.24) is 9.55 Å². The number of hydrogen-bond donors (Lipinski definition) is 0. The van der Waals surface area contributed by atoms with Crippen LogP contribution in [0.2, 0.25) is 0 Å². The van der Waals surface area contributed by atoms with Crippen LogP contribution in [-0.2, 0) is 13.2 Å². The van der Waals surface area contributed by atoms with Gasteiger partial charge in [0.2, 0.25) is 0 Å². The lowest BCUT2D eigenvalue weighted by molar-refractivity contribution is 0.111. The van der Waals surface area contributed by atoms with E-state index in [2.05, 4.69) is 11.9 Å². The van der Waals surface area contributed by atoms with E-state index in [1.165, 1.54) is 12.1 Å². The summed E-state index contributed by atoms with van der Waals surface area (Å²) in [5.74, 6) is -0.0777. The predicted octanol–water partition coefficient (Wildman–Crippen LogP) is 2.82. The van der Waals surface area contributed by atoms with E-state index in [4.69, 9.17) is 4.74 Å². The normalized spacial score (nSPS) is 10.4. The number of benzene rings is 1. The number of carbonyl (C=O) groups is 1. The molecule has 0 N–H and O–H groups in total. The van der Waals surface area contributed by atoms with Gasteiger partial charge in [0.05, 0.1) is 23.8 Å². The zero-order valence-electron chi connectivity index (χ0n) is 10.7. The minimum Gasteiger partial charge on any atom is -0.487 e. The molecule has 4 nitrogen and oxygen atoms in total. The van der Waals surface area contributed by atoms with E-state index in [1.807, 2.05) is 4.57 Å². The van der Waals surface area contributed by atoms with E-state index in [-0.39, 0.29) is 5.56 Å². The summed E-state index contributed by atoms with van der Waals surface area (Å²) in [7, 11) is 0. The largest absolute Gasteiger partial charge is 0.487 e. The first-order chi connectivity index (χ1) is 9.24. The fourth-order valence-electron chi connectivity index (χ4n) is 1.81. The van der Waals surface area contributed by atoms with Gasteiger partial charge in [-0.25, -0.2) is 9.37 Å².